The van der Waals surface area contributed by atoms with E-state index in [1.165, 1.54) is 0 Å². The Labute approximate surface area is 69.0 Å². The predicted molar refractivity (Wildman–Crippen MR) is 37.2 cm³/mol. The van der Waals surface area contributed by atoms with Crippen LogP contribution >= 0.6 is 0 Å². The van der Waals surface area contributed by atoms with Crippen molar-refractivity contribution < 1.29 is 21.1 Å². The van der Waals surface area contributed by atoms with Gasteiger partial charge >= 0.3 is 10.2 Å². The Hall–Kier alpha value is -0.260. The molecule has 12 heavy (non-hydrogen) atoms. The monoisotopic (exact) mass is 202 g/mol. The molecule has 0 unspecified atom stereocenters. The van der Waals surface area contributed by atoms with Crippen LogP contribution in [0.1, 0.15) is 19.3 Å². The molecule has 1 saturated carbocycles. The Morgan fingerprint density at radius 3 is 2.17 bits per heavy atom. The van der Waals surface area contributed by atoms with Gasteiger partial charge in [0.2, 0.25) is 5.92 Å². The van der Waals surface area contributed by atoms with E-state index in [0.717, 1.165) is 0 Å². The predicted octanol–water partition coefficient (Wildman–Crippen LogP) is 1.72. The minimum Gasteiger partial charge on any atom is -0.207 e. The molecule has 72 valence electrons. The zero-order valence-corrected chi connectivity index (χ0v) is 7.08. The van der Waals surface area contributed by atoms with E-state index in [0.29, 0.717) is 0 Å². The summed E-state index contributed by atoms with van der Waals surface area (Å²) < 4.78 is 56.2. The van der Waals surface area contributed by atoms with Gasteiger partial charge in [0.05, 0.1) is 5.75 Å². The topological polar surface area (TPSA) is 34.1 Å². The molecule has 0 radical (unpaired) electrons. The first-order valence-electron chi connectivity index (χ1n) is 3.59. The van der Waals surface area contributed by atoms with Crippen molar-refractivity contribution in [1.29, 1.82) is 0 Å². The molecule has 0 aromatic heterocycles. The van der Waals surface area contributed by atoms with Crippen molar-refractivity contribution in [3.05, 3.63) is 0 Å². The molecule has 0 atom stereocenters. The van der Waals surface area contributed by atoms with Crippen LogP contribution in [0.5, 0.6) is 0 Å². The molecule has 1 aliphatic carbocycles. The molecule has 0 aromatic rings. The van der Waals surface area contributed by atoms with Crippen molar-refractivity contribution in [2.75, 3.05) is 5.75 Å². The highest BCUT2D eigenvalue weighted by Crippen LogP contribution is 2.44. The van der Waals surface area contributed by atoms with Crippen LogP contribution in [0.2, 0.25) is 0 Å². The smallest absolute Gasteiger partial charge is 0.207 e. The molecule has 2 nitrogen and oxygen atoms in total. The minimum absolute atomic E-state index is 0.00836. The van der Waals surface area contributed by atoms with Gasteiger partial charge in [-0.15, -0.1) is 3.89 Å². The Morgan fingerprint density at radius 2 is 1.83 bits per heavy atom. The number of halogens is 3. The average Bonchev–Trinajstić information content (AvgIpc) is 1.76. The van der Waals surface area contributed by atoms with E-state index in [2.05, 4.69) is 0 Å². The van der Waals surface area contributed by atoms with Gasteiger partial charge in [0.15, 0.2) is 0 Å². The van der Waals surface area contributed by atoms with Gasteiger partial charge in [0, 0.05) is 12.8 Å². The Kier molecular flexibility index (Phi) is 2.38. The summed E-state index contributed by atoms with van der Waals surface area (Å²) in [5.74, 6) is -3.61. The largest absolute Gasteiger partial charge is 0.302 e. The van der Waals surface area contributed by atoms with Gasteiger partial charge in [-0.2, -0.15) is 8.42 Å². The van der Waals surface area contributed by atoms with Crippen LogP contribution in [0.25, 0.3) is 0 Å². The Bertz CT molecular complexity index is 252. The second-order valence-electron chi connectivity index (χ2n) is 3.16. The van der Waals surface area contributed by atoms with Crippen LogP contribution in [0, 0.1) is 5.92 Å². The molecule has 0 bridgehead atoms. The van der Waals surface area contributed by atoms with Crippen molar-refractivity contribution in [3.8, 4) is 0 Å². The highest BCUT2D eigenvalue weighted by Gasteiger charge is 2.45. The van der Waals surface area contributed by atoms with Crippen molar-refractivity contribution in [1.82, 2.24) is 0 Å². The first-order valence-corrected chi connectivity index (χ1v) is 5.14. The number of alkyl halides is 2. The molecule has 1 rings (SSSR count). The Morgan fingerprint density at radius 1 is 1.33 bits per heavy atom. The first kappa shape index (κ1) is 9.83. The minimum atomic E-state index is -4.48. The van der Waals surface area contributed by atoms with E-state index < -0.39 is 21.9 Å². The zero-order chi connectivity index (χ0) is 9.41. The summed E-state index contributed by atoms with van der Waals surface area (Å²) in [4.78, 5) is 0. The fourth-order valence-electron chi connectivity index (χ4n) is 1.30. The van der Waals surface area contributed by atoms with Crippen LogP contribution in [-0.2, 0) is 10.2 Å². The maximum atomic E-state index is 12.2. The quantitative estimate of drug-likeness (QED) is 0.653. The lowest BCUT2D eigenvalue weighted by Crippen LogP contribution is -2.36. The molecule has 0 spiro atoms. The van der Waals surface area contributed by atoms with Gasteiger partial charge < -0.3 is 0 Å². The molecule has 0 N–H and O–H groups in total. The fourth-order valence-corrected chi connectivity index (χ4v) is 1.91. The molecule has 0 saturated heterocycles. The van der Waals surface area contributed by atoms with Gasteiger partial charge in [-0.1, -0.05) is 0 Å². The maximum Gasteiger partial charge on any atom is 0.302 e. The standard InChI is InChI=1S/C6H9F3O2S/c7-6(8)3-5(4-6)1-2-12(9,10)11/h5H,1-4H2. The molecule has 0 aliphatic heterocycles. The van der Waals surface area contributed by atoms with Crippen molar-refractivity contribution in [2.45, 2.75) is 25.2 Å². The highest BCUT2D eigenvalue weighted by molar-refractivity contribution is 7.86. The molecular weight excluding hydrogens is 193 g/mol. The van der Waals surface area contributed by atoms with Gasteiger partial charge in [-0.25, -0.2) is 8.78 Å². The SMILES string of the molecule is O=S(=O)(F)CCC1CC(F)(F)C1. The lowest BCUT2D eigenvalue weighted by molar-refractivity contribution is -0.110. The lowest BCUT2D eigenvalue weighted by Gasteiger charge is -2.34. The highest BCUT2D eigenvalue weighted by atomic mass is 32.3. The summed E-state index contributed by atoms with van der Waals surface area (Å²) in [5, 5.41) is 0. The van der Waals surface area contributed by atoms with Gasteiger partial charge in [-0.05, 0) is 12.3 Å². The zero-order valence-electron chi connectivity index (χ0n) is 6.26. The summed E-state index contributed by atoms with van der Waals surface area (Å²) >= 11 is 0. The Balaban J connectivity index is 2.21. The molecule has 6 heteroatoms. The van der Waals surface area contributed by atoms with Crippen LogP contribution in [0.15, 0.2) is 0 Å². The summed E-state index contributed by atoms with van der Waals surface area (Å²) in [6.45, 7) is 0. The number of hydrogen-bond acceptors (Lipinski definition) is 2. The summed E-state index contributed by atoms with van der Waals surface area (Å²) in [6, 6.07) is 0. The molecular formula is C6H9F3O2S. The second-order valence-corrected chi connectivity index (χ2v) is 4.65. The fraction of sp³-hybridized carbons (Fsp3) is 1.00. The first-order chi connectivity index (χ1) is 5.29. The number of rotatable bonds is 3. The molecule has 1 fully saturated rings. The van der Waals surface area contributed by atoms with Crippen molar-refractivity contribution in [2.24, 2.45) is 5.92 Å². The third kappa shape index (κ3) is 3.00. The van der Waals surface area contributed by atoms with Crippen LogP contribution in [0.4, 0.5) is 12.7 Å². The summed E-state index contributed by atoms with van der Waals surface area (Å²) in [5.41, 5.74) is 0. The van der Waals surface area contributed by atoms with Gasteiger partial charge in [-0.3, -0.25) is 0 Å². The molecule has 0 aromatic carbocycles. The average molecular weight is 202 g/mol. The van der Waals surface area contributed by atoms with Crippen LogP contribution < -0.4 is 0 Å². The third-order valence-corrected chi connectivity index (χ3v) is 2.67. The number of hydrogen-bond donors (Lipinski definition) is 0. The van der Waals surface area contributed by atoms with Crippen LogP contribution in [0.3, 0.4) is 0 Å². The van der Waals surface area contributed by atoms with E-state index >= 15 is 0 Å². The molecule has 1 aliphatic rings. The van der Waals surface area contributed by atoms with E-state index in [-0.39, 0.29) is 25.2 Å². The van der Waals surface area contributed by atoms with Crippen molar-refractivity contribution >= 4 is 10.2 Å². The van der Waals surface area contributed by atoms with Crippen molar-refractivity contribution in [3.63, 3.8) is 0 Å². The van der Waals surface area contributed by atoms with Crippen LogP contribution in [-0.4, -0.2) is 20.1 Å². The van der Waals surface area contributed by atoms with E-state index in [1.807, 2.05) is 0 Å². The second kappa shape index (κ2) is 2.90. The lowest BCUT2D eigenvalue weighted by atomic mass is 9.80. The van der Waals surface area contributed by atoms with Gasteiger partial charge in [0.25, 0.3) is 0 Å². The van der Waals surface area contributed by atoms with E-state index in [4.69, 9.17) is 0 Å². The summed E-state index contributed by atoms with van der Waals surface area (Å²) in [6.07, 6.45) is -0.598. The van der Waals surface area contributed by atoms with Gasteiger partial charge in [0.1, 0.15) is 0 Å². The molecule has 0 amide bonds. The maximum absolute atomic E-state index is 12.2. The normalized spacial score (nSPS) is 23.6. The van der Waals surface area contributed by atoms with E-state index in [9.17, 15) is 21.1 Å². The third-order valence-electron chi connectivity index (χ3n) is 1.94. The molecule has 0 heterocycles. The van der Waals surface area contributed by atoms with E-state index in [1.54, 1.807) is 0 Å². The summed E-state index contributed by atoms with van der Waals surface area (Å²) in [7, 11) is -4.48.